The Morgan fingerprint density at radius 2 is 2.14 bits per heavy atom. The number of hydrogen-bond donors (Lipinski definition) is 0. The number of carbonyl (C=O) groups is 2. The van der Waals surface area contributed by atoms with Gasteiger partial charge in [0, 0.05) is 4.88 Å². The monoisotopic (exact) mass is 212 g/mol. The molecule has 1 aromatic rings. The highest BCUT2D eigenvalue weighted by Gasteiger charge is 2.18. The molecule has 1 aromatic heterocycles. The minimum Gasteiger partial charge on any atom is -0.465 e. The van der Waals surface area contributed by atoms with E-state index in [0.29, 0.717) is 10.4 Å². The summed E-state index contributed by atoms with van der Waals surface area (Å²) in [7, 11) is 1.32. The summed E-state index contributed by atoms with van der Waals surface area (Å²) in [5.74, 6) is -0.527. The molecule has 0 aliphatic heterocycles. The predicted octanol–water partition coefficient (Wildman–Crippen LogP) is 2.30. The molecule has 76 valence electrons. The van der Waals surface area contributed by atoms with Crippen LogP contribution in [0.5, 0.6) is 0 Å². The number of hydrogen-bond acceptors (Lipinski definition) is 4. The lowest BCUT2D eigenvalue weighted by Crippen LogP contribution is -2.04. The fourth-order valence-corrected chi connectivity index (χ4v) is 2.12. The molecule has 1 rings (SSSR count). The molecule has 1 heterocycles. The number of ether oxygens (including phenoxy) is 1. The zero-order chi connectivity index (χ0) is 10.7. The third-order valence-electron chi connectivity index (χ3n) is 1.86. The van der Waals surface area contributed by atoms with Crippen molar-refractivity contribution in [3.05, 3.63) is 21.4 Å². The molecule has 0 aliphatic rings. The summed E-state index contributed by atoms with van der Waals surface area (Å²) in [6.07, 6.45) is 0.821. The van der Waals surface area contributed by atoms with Gasteiger partial charge in [-0.15, -0.1) is 11.3 Å². The quantitative estimate of drug-likeness (QED) is 0.570. The third-order valence-corrected chi connectivity index (χ3v) is 3.24. The van der Waals surface area contributed by atoms with Crippen molar-refractivity contribution in [3.63, 3.8) is 0 Å². The molecule has 0 saturated carbocycles. The molecule has 0 bridgehead atoms. The van der Waals surface area contributed by atoms with Gasteiger partial charge < -0.3 is 4.74 Å². The van der Waals surface area contributed by atoms with E-state index in [1.807, 2.05) is 6.92 Å². The van der Waals surface area contributed by atoms with Gasteiger partial charge in [0.2, 0.25) is 0 Å². The summed E-state index contributed by atoms with van der Waals surface area (Å²) >= 11 is 1.36. The predicted molar refractivity (Wildman–Crippen MR) is 55.0 cm³/mol. The van der Waals surface area contributed by atoms with Crippen LogP contribution < -0.4 is 0 Å². The van der Waals surface area contributed by atoms with Gasteiger partial charge in [-0.05, 0) is 19.4 Å². The smallest absolute Gasteiger partial charge is 0.339 e. The van der Waals surface area contributed by atoms with Crippen LogP contribution in [0.4, 0.5) is 0 Å². The lowest BCUT2D eigenvalue weighted by molar-refractivity contribution is 0.0598. The van der Waals surface area contributed by atoms with Crippen molar-refractivity contribution in [1.82, 2.24) is 0 Å². The first-order chi connectivity index (χ1) is 6.60. The van der Waals surface area contributed by atoms with Gasteiger partial charge in [-0.2, -0.15) is 0 Å². The molecule has 14 heavy (non-hydrogen) atoms. The van der Waals surface area contributed by atoms with Gasteiger partial charge in [0.25, 0.3) is 0 Å². The largest absolute Gasteiger partial charge is 0.465 e. The van der Waals surface area contributed by atoms with E-state index in [9.17, 15) is 9.59 Å². The van der Waals surface area contributed by atoms with E-state index in [-0.39, 0.29) is 5.78 Å². The molecule has 0 atom stereocenters. The molecule has 0 spiro atoms. The first kappa shape index (κ1) is 10.9. The van der Waals surface area contributed by atoms with E-state index in [0.717, 1.165) is 11.3 Å². The average molecular weight is 212 g/mol. The minimum absolute atomic E-state index is 0.0879. The number of rotatable bonds is 3. The van der Waals surface area contributed by atoms with E-state index in [2.05, 4.69) is 4.74 Å². The molecule has 0 N–H and O–H groups in total. The van der Waals surface area contributed by atoms with Crippen molar-refractivity contribution in [2.24, 2.45) is 0 Å². The highest BCUT2D eigenvalue weighted by Crippen LogP contribution is 2.24. The summed E-state index contributed by atoms with van der Waals surface area (Å²) in [6.45, 7) is 3.44. The topological polar surface area (TPSA) is 43.4 Å². The number of aryl methyl sites for hydroxylation is 1. The molecule has 0 aliphatic carbocycles. The Balaban J connectivity index is 3.18. The molecule has 0 aromatic carbocycles. The van der Waals surface area contributed by atoms with Crippen molar-refractivity contribution >= 4 is 23.1 Å². The number of Topliss-reactive ketones (excluding diaryl/α,β-unsaturated/α-hetero) is 1. The summed E-state index contributed by atoms with van der Waals surface area (Å²) in [6, 6.07) is 1.73. The van der Waals surface area contributed by atoms with Gasteiger partial charge in [0.05, 0.1) is 17.6 Å². The Morgan fingerprint density at radius 1 is 1.50 bits per heavy atom. The Hall–Kier alpha value is -1.16. The molecular weight excluding hydrogens is 200 g/mol. The fraction of sp³-hybridized carbons (Fsp3) is 0.400. The normalized spacial score (nSPS) is 9.93. The molecule has 3 nitrogen and oxygen atoms in total. The van der Waals surface area contributed by atoms with Crippen LogP contribution in [0.2, 0.25) is 0 Å². The highest BCUT2D eigenvalue weighted by atomic mass is 32.1. The first-order valence-electron chi connectivity index (χ1n) is 4.32. The van der Waals surface area contributed by atoms with E-state index in [1.54, 1.807) is 6.07 Å². The Bertz CT molecular complexity index is 365. The van der Waals surface area contributed by atoms with Crippen molar-refractivity contribution in [2.75, 3.05) is 7.11 Å². The van der Waals surface area contributed by atoms with Crippen molar-refractivity contribution in [3.8, 4) is 0 Å². The average Bonchev–Trinajstić information content (AvgIpc) is 2.60. The zero-order valence-corrected chi connectivity index (χ0v) is 9.23. The number of ketones is 1. The Labute approximate surface area is 86.7 Å². The molecule has 0 fully saturated rings. The standard InChI is InChI=1S/C10H12O3S/c1-4-7-5-8(10(12)13-3)9(14-7)6(2)11/h5H,4H2,1-3H3. The lowest BCUT2D eigenvalue weighted by Gasteiger charge is -1.96. The van der Waals surface area contributed by atoms with Crippen LogP contribution in [0.25, 0.3) is 0 Å². The number of carbonyl (C=O) groups excluding carboxylic acids is 2. The Kier molecular flexibility index (Phi) is 3.41. The van der Waals surface area contributed by atoms with E-state index < -0.39 is 5.97 Å². The van der Waals surface area contributed by atoms with Crippen molar-refractivity contribution in [2.45, 2.75) is 20.3 Å². The lowest BCUT2D eigenvalue weighted by atomic mass is 10.2. The molecule has 0 amide bonds. The van der Waals surface area contributed by atoms with Crippen LogP contribution >= 0.6 is 11.3 Å². The maximum atomic E-state index is 11.3. The molecule has 4 heteroatoms. The SMILES string of the molecule is CCc1cc(C(=O)OC)c(C(C)=O)s1. The highest BCUT2D eigenvalue weighted by molar-refractivity contribution is 7.14. The number of methoxy groups -OCH3 is 1. The minimum atomic E-state index is -0.439. The third kappa shape index (κ3) is 2.01. The molecule has 0 saturated heterocycles. The van der Waals surface area contributed by atoms with E-state index in [4.69, 9.17) is 0 Å². The van der Waals surface area contributed by atoms with Gasteiger partial charge in [-0.25, -0.2) is 4.79 Å². The van der Waals surface area contributed by atoms with Gasteiger partial charge in [0.15, 0.2) is 5.78 Å². The second-order valence-electron chi connectivity index (χ2n) is 2.86. The van der Waals surface area contributed by atoms with Crippen molar-refractivity contribution in [1.29, 1.82) is 0 Å². The summed E-state index contributed by atoms with van der Waals surface area (Å²) in [4.78, 5) is 24.0. The molecular formula is C10H12O3S. The van der Waals surface area contributed by atoms with Gasteiger partial charge in [-0.1, -0.05) is 6.92 Å². The maximum absolute atomic E-state index is 11.3. The zero-order valence-electron chi connectivity index (χ0n) is 8.42. The van der Waals surface area contributed by atoms with Crippen LogP contribution in [0.1, 0.15) is 38.8 Å². The van der Waals surface area contributed by atoms with Crippen LogP contribution in [0, 0.1) is 0 Å². The summed E-state index contributed by atoms with van der Waals surface area (Å²) < 4.78 is 4.60. The second kappa shape index (κ2) is 4.37. The first-order valence-corrected chi connectivity index (χ1v) is 5.13. The van der Waals surface area contributed by atoms with E-state index in [1.165, 1.54) is 25.4 Å². The van der Waals surface area contributed by atoms with Crippen LogP contribution in [-0.2, 0) is 11.2 Å². The summed E-state index contributed by atoms with van der Waals surface area (Å²) in [5, 5.41) is 0. The second-order valence-corrected chi connectivity index (χ2v) is 3.99. The van der Waals surface area contributed by atoms with Gasteiger partial charge in [-0.3, -0.25) is 4.79 Å². The fourth-order valence-electron chi connectivity index (χ4n) is 1.14. The van der Waals surface area contributed by atoms with Gasteiger partial charge >= 0.3 is 5.97 Å². The van der Waals surface area contributed by atoms with Crippen LogP contribution in [-0.4, -0.2) is 18.9 Å². The van der Waals surface area contributed by atoms with E-state index >= 15 is 0 Å². The summed E-state index contributed by atoms with van der Waals surface area (Å²) in [5.41, 5.74) is 0.391. The van der Waals surface area contributed by atoms with Crippen LogP contribution in [0.3, 0.4) is 0 Å². The van der Waals surface area contributed by atoms with Crippen LogP contribution in [0.15, 0.2) is 6.07 Å². The number of thiophene rings is 1. The molecule has 0 unspecified atom stereocenters. The Morgan fingerprint density at radius 3 is 2.57 bits per heavy atom. The number of esters is 1. The van der Waals surface area contributed by atoms with Crippen molar-refractivity contribution < 1.29 is 14.3 Å². The molecule has 0 radical (unpaired) electrons. The maximum Gasteiger partial charge on any atom is 0.339 e. The van der Waals surface area contributed by atoms with Gasteiger partial charge in [0.1, 0.15) is 0 Å².